The van der Waals surface area contributed by atoms with Crippen molar-refractivity contribution >= 4 is 0 Å². The molecule has 0 atom stereocenters. The molecule has 0 aromatic carbocycles. The van der Waals surface area contributed by atoms with Gasteiger partial charge in [-0.25, -0.2) is 0 Å². The number of allylic oxidation sites excluding steroid dienone is 3. The van der Waals surface area contributed by atoms with Gasteiger partial charge in [-0.3, -0.25) is 5.11 Å². The summed E-state index contributed by atoms with van der Waals surface area (Å²) in [6.07, 6.45) is 12.5. The average Bonchev–Trinajstić information content (AvgIpc) is 2.03. The van der Waals surface area contributed by atoms with Gasteiger partial charge in [-0.1, -0.05) is 38.3 Å². The average molecular weight is 153 g/mol. The molecule has 1 radical (unpaired) electrons. The van der Waals surface area contributed by atoms with Gasteiger partial charge in [0.05, 0.1) is 0 Å². The zero-order valence-electron chi connectivity index (χ0n) is 7.25. The van der Waals surface area contributed by atoms with Crippen molar-refractivity contribution in [2.45, 2.75) is 39.0 Å². The molecule has 0 N–H and O–H groups in total. The summed E-state index contributed by atoms with van der Waals surface area (Å²) in [4.78, 5) is 0. The van der Waals surface area contributed by atoms with E-state index in [0.29, 0.717) is 0 Å². The molecule has 0 aromatic heterocycles. The standard InChI is InChI=1S/C10H17O/c1-2-3-4-5-6-7-8-9-10-11/h7-10H,2-6H2,1H3/b8-7+,10-9+. The molecule has 0 bridgehead atoms. The van der Waals surface area contributed by atoms with E-state index in [2.05, 4.69) is 6.92 Å². The van der Waals surface area contributed by atoms with Crippen molar-refractivity contribution in [3.05, 3.63) is 24.5 Å². The topological polar surface area (TPSA) is 19.9 Å². The van der Waals surface area contributed by atoms with Crippen molar-refractivity contribution in [1.82, 2.24) is 0 Å². The second-order valence-electron chi connectivity index (χ2n) is 2.61. The van der Waals surface area contributed by atoms with E-state index < -0.39 is 0 Å². The second kappa shape index (κ2) is 9.28. The molecule has 0 saturated carbocycles. The second-order valence-corrected chi connectivity index (χ2v) is 2.61. The van der Waals surface area contributed by atoms with Crippen molar-refractivity contribution in [1.29, 1.82) is 0 Å². The van der Waals surface area contributed by atoms with E-state index >= 15 is 0 Å². The van der Waals surface area contributed by atoms with Crippen LogP contribution in [0.3, 0.4) is 0 Å². The van der Waals surface area contributed by atoms with Crippen LogP contribution in [0.5, 0.6) is 0 Å². The molecule has 0 amide bonds. The van der Waals surface area contributed by atoms with Crippen LogP contribution in [0.2, 0.25) is 0 Å². The van der Waals surface area contributed by atoms with Crippen LogP contribution in [-0.2, 0) is 5.11 Å². The lowest BCUT2D eigenvalue weighted by Gasteiger charge is -1.92. The fourth-order valence-corrected chi connectivity index (χ4v) is 0.909. The van der Waals surface area contributed by atoms with Crippen molar-refractivity contribution in [3.63, 3.8) is 0 Å². The van der Waals surface area contributed by atoms with E-state index in [9.17, 15) is 5.11 Å². The summed E-state index contributed by atoms with van der Waals surface area (Å²) in [5.74, 6) is 0. The van der Waals surface area contributed by atoms with Crippen LogP contribution in [-0.4, -0.2) is 0 Å². The first kappa shape index (κ1) is 10.3. The minimum atomic E-state index is 0.808. The Morgan fingerprint density at radius 3 is 2.55 bits per heavy atom. The molecule has 0 aliphatic carbocycles. The molecule has 0 aromatic rings. The van der Waals surface area contributed by atoms with Gasteiger partial charge in [0.2, 0.25) is 0 Å². The summed E-state index contributed by atoms with van der Waals surface area (Å²) in [7, 11) is 0. The van der Waals surface area contributed by atoms with Crippen LogP contribution in [0, 0.1) is 0 Å². The van der Waals surface area contributed by atoms with Gasteiger partial charge in [0.1, 0.15) is 6.26 Å². The fourth-order valence-electron chi connectivity index (χ4n) is 0.909. The lowest BCUT2D eigenvalue weighted by Crippen LogP contribution is -1.72. The number of rotatable bonds is 6. The van der Waals surface area contributed by atoms with Crippen LogP contribution < -0.4 is 0 Å². The Morgan fingerprint density at radius 1 is 1.09 bits per heavy atom. The van der Waals surface area contributed by atoms with Crippen LogP contribution >= 0.6 is 0 Å². The van der Waals surface area contributed by atoms with Crippen molar-refractivity contribution in [2.24, 2.45) is 0 Å². The highest BCUT2D eigenvalue weighted by molar-refractivity contribution is 4.98. The normalized spacial score (nSPS) is 11.7. The first-order chi connectivity index (χ1) is 5.41. The maximum absolute atomic E-state index is 9.83. The Morgan fingerprint density at radius 2 is 1.91 bits per heavy atom. The van der Waals surface area contributed by atoms with Gasteiger partial charge in [0, 0.05) is 0 Å². The molecule has 1 heteroatoms. The quantitative estimate of drug-likeness (QED) is 0.316. The maximum atomic E-state index is 9.83. The molecule has 63 valence electrons. The summed E-state index contributed by atoms with van der Waals surface area (Å²) in [6, 6.07) is 0. The first-order valence-corrected chi connectivity index (χ1v) is 4.35. The van der Waals surface area contributed by atoms with Crippen LogP contribution in [0.15, 0.2) is 24.5 Å². The number of hydrogen-bond donors (Lipinski definition) is 0. The third-order valence-electron chi connectivity index (χ3n) is 1.55. The minimum absolute atomic E-state index is 0.808. The van der Waals surface area contributed by atoms with Gasteiger partial charge in [-0.2, -0.15) is 0 Å². The van der Waals surface area contributed by atoms with Gasteiger partial charge >= 0.3 is 0 Å². The summed E-state index contributed by atoms with van der Waals surface area (Å²) >= 11 is 0. The molecule has 0 fully saturated rings. The van der Waals surface area contributed by atoms with Gasteiger partial charge in [-0.05, 0) is 18.9 Å². The smallest absolute Gasteiger partial charge is 0.142 e. The predicted octanol–water partition coefficient (Wildman–Crippen LogP) is 3.46. The SMILES string of the molecule is CCCCCC/C=C/C=C/[O]. The van der Waals surface area contributed by atoms with E-state index in [0.717, 1.165) is 12.7 Å². The molecule has 0 unspecified atom stereocenters. The summed E-state index contributed by atoms with van der Waals surface area (Å²) in [6.45, 7) is 2.20. The molecule has 0 aliphatic rings. The summed E-state index contributed by atoms with van der Waals surface area (Å²) in [5, 5.41) is 9.83. The number of hydrogen-bond acceptors (Lipinski definition) is 0. The van der Waals surface area contributed by atoms with E-state index in [4.69, 9.17) is 0 Å². The zero-order valence-corrected chi connectivity index (χ0v) is 7.25. The van der Waals surface area contributed by atoms with Gasteiger partial charge in [0.25, 0.3) is 0 Å². The van der Waals surface area contributed by atoms with Crippen LogP contribution in [0.4, 0.5) is 0 Å². The van der Waals surface area contributed by atoms with Crippen LogP contribution in [0.25, 0.3) is 0 Å². The zero-order chi connectivity index (χ0) is 8.36. The predicted molar refractivity (Wildman–Crippen MR) is 47.7 cm³/mol. The van der Waals surface area contributed by atoms with E-state index in [1.807, 2.05) is 12.2 Å². The molecule has 0 rings (SSSR count). The molecule has 0 spiro atoms. The van der Waals surface area contributed by atoms with Crippen molar-refractivity contribution in [2.75, 3.05) is 0 Å². The minimum Gasteiger partial charge on any atom is -0.299 e. The Hall–Kier alpha value is -0.720. The van der Waals surface area contributed by atoms with Crippen LogP contribution in [0.1, 0.15) is 39.0 Å². The van der Waals surface area contributed by atoms with Crippen molar-refractivity contribution in [3.8, 4) is 0 Å². The summed E-state index contributed by atoms with van der Waals surface area (Å²) < 4.78 is 0. The Bertz CT molecular complexity index is 114. The highest BCUT2D eigenvalue weighted by Gasteiger charge is 1.82. The highest BCUT2D eigenvalue weighted by Crippen LogP contribution is 2.02. The van der Waals surface area contributed by atoms with E-state index in [-0.39, 0.29) is 0 Å². The lowest BCUT2D eigenvalue weighted by molar-refractivity contribution is 0.352. The molecule has 1 nitrogen and oxygen atoms in total. The third kappa shape index (κ3) is 9.28. The first-order valence-electron chi connectivity index (χ1n) is 4.35. The Kier molecular flexibility index (Phi) is 8.67. The molecule has 0 aliphatic heterocycles. The summed E-state index contributed by atoms with van der Waals surface area (Å²) in [5.41, 5.74) is 0. The largest absolute Gasteiger partial charge is 0.299 e. The number of unbranched alkanes of at least 4 members (excludes halogenated alkanes) is 4. The van der Waals surface area contributed by atoms with E-state index in [1.165, 1.54) is 31.8 Å². The Balaban J connectivity index is 3.01. The van der Waals surface area contributed by atoms with E-state index in [1.54, 1.807) is 0 Å². The third-order valence-corrected chi connectivity index (χ3v) is 1.55. The highest BCUT2D eigenvalue weighted by atomic mass is 16.2. The monoisotopic (exact) mass is 153 g/mol. The molecule has 0 heterocycles. The van der Waals surface area contributed by atoms with Gasteiger partial charge in [-0.15, -0.1) is 0 Å². The maximum Gasteiger partial charge on any atom is 0.142 e. The fraction of sp³-hybridized carbons (Fsp3) is 0.600. The Labute approximate surface area is 69.4 Å². The molecular weight excluding hydrogens is 136 g/mol. The lowest BCUT2D eigenvalue weighted by atomic mass is 10.1. The molecular formula is C10H17O. The van der Waals surface area contributed by atoms with Gasteiger partial charge in [0.15, 0.2) is 0 Å². The molecule has 0 saturated heterocycles. The van der Waals surface area contributed by atoms with Gasteiger partial charge < -0.3 is 0 Å². The van der Waals surface area contributed by atoms with Crippen molar-refractivity contribution < 1.29 is 5.11 Å². The molecule has 11 heavy (non-hydrogen) atoms.